The third kappa shape index (κ3) is 5.52. The van der Waals surface area contributed by atoms with Crippen LogP contribution in [-0.4, -0.2) is 25.4 Å². The first-order valence-corrected chi connectivity index (χ1v) is 10.1. The van der Waals surface area contributed by atoms with Gasteiger partial charge < -0.3 is 10.1 Å². The highest BCUT2D eigenvalue weighted by molar-refractivity contribution is 7.92. The van der Waals surface area contributed by atoms with Crippen LogP contribution in [-0.2, 0) is 14.8 Å². The Labute approximate surface area is 167 Å². The van der Waals surface area contributed by atoms with Gasteiger partial charge in [0.1, 0.15) is 11.6 Å². The maximum Gasteiger partial charge on any atom is 0.265 e. The van der Waals surface area contributed by atoms with E-state index in [9.17, 15) is 17.6 Å². The molecule has 1 unspecified atom stereocenters. The fourth-order valence-electron chi connectivity index (χ4n) is 2.37. The molecule has 0 aliphatic carbocycles. The minimum absolute atomic E-state index is 0.0370. The predicted octanol–water partition coefficient (Wildman–Crippen LogP) is 3.43. The van der Waals surface area contributed by atoms with Crippen LogP contribution in [0, 0.1) is 5.82 Å². The second-order valence-corrected chi connectivity index (χ2v) is 7.76. The standard InChI is InChI=1S/C20H18FN3O4S/c1-14(28-18-8-4-15(21)5-9-18)20(25)23-16-6-10-19(11-7-16)29(26,27)24-17-3-2-12-22-13-17/h2-14,24H,1H3,(H,23,25). The van der Waals surface area contributed by atoms with Crippen molar-refractivity contribution in [1.82, 2.24) is 4.98 Å². The number of carbonyl (C=O) groups is 1. The summed E-state index contributed by atoms with van der Waals surface area (Å²) >= 11 is 0. The number of pyridine rings is 1. The van der Waals surface area contributed by atoms with Crippen LogP contribution < -0.4 is 14.8 Å². The molecule has 0 saturated heterocycles. The Kier molecular flexibility index (Phi) is 6.08. The molecule has 1 aromatic heterocycles. The van der Waals surface area contributed by atoms with Crippen LogP contribution in [0.4, 0.5) is 15.8 Å². The van der Waals surface area contributed by atoms with E-state index in [-0.39, 0.29) is 4.90 Å². The Morgan fingerprint density at radius 3 is 2.34 bits per heavy atom. The molecule has 1 atom stereocenters. The van der Waals surface area contributed by atoms with Crippen molar-refractivity contribution in [2.45, 2.75) is 17.9 Å². The molecule has 3 aromatic rings. The van der Waals surface area contributed by atoms with Gasteiger partial charge in [0.05, 0.1) is 16.8 Å². The average molecular weight is 415 g/mol. The lowest BCUT2D eigenvalue weighted by atomic mass is 10.3. The van der Waals surface area contributed by atoms with Gasteiger partial charge >= 0.3 is 0 Å². The summed E-state index contributed by atoms with van der Waals surface area (Å²) in [7, 11) is -3.78. The molecule has 0 spiro atoms. The summed E-state index contributed by atoms with van der Waals surface area (Å²) in [5, 5.41) is 2.64. The number of hydrogen-bond donors (Lipinski definition) is 2. The van der Waals surface area contributed by atoms with Gasteiger partial charge in [-0.25, -0.2) is 12.8 Å². The van der Waals surface area contributed by atoms with Crippen molar-refractivity contribution < 1.29 is 22.3 Å². The summed E-state index contributed by atoms with van der Waals surface area (Å²) in [5.74, 6) is -0.474. The summed E-state index contributed by atoms with van der Waals surface area (Å²) in [6, 6.07) is 14.2. The predicted molar refractivity (Wildman–Crippen MR) is 107 cm³/mol. The van der Waals surface area contributed by atoms with Crippen LogP contribution in [0.1, 0.15) is 6.92 Å². The molecule has 0 radical (unpaired) electrons. The Bertz CT molecular complexity index is 1070. The van der Waals surface area contributed by atoms with E-state index in [2.05, 4.69) is 15.0 Å². The first-order chi connectivity index (χ1) is 13.8. The molecule has 2 N–H and O–H groups in total. The molecule has 29 heavy (non-hydrogen) atoms. The second-order valence-electron chi connectivity index (χ2n) is 6.07. The summed E-state index contributed by atoms with van der Waals surface area (Å²) in [4.78, 5) is 16.2. The topological polar surface area (TPSA) is 97.4 Å². The van der Waals surface area contributed by atoms with Gasteiger partial charge in [-0.15, -0.1) is 0 Å². The highest BCUT2D eigenvalue weighted by atomic mass is 32.2. The van der Waals surface area contributed by atoms with Gasteiger partial charge in [0.2, 0.25) is 0 Å². The van der Waals surface area contributed by atoms with Crippen LogP contribution in [0.5, 0.6) is 5.75 Å². The van der Waals surface area contributed by atoms with Crippen molar-refractivity contribution in [2.24, 2.45) is 0 Å². The number of nitrogens with zero attached hydrogens (tertiary/aromatic N) is 1. The summed E-state index contributed by atoms with van der Waals surface area (Å²) in [6.45, 7) is 1.55. The number of carbonyl (C=O) groups excluding carboxylic acids is 1. The Morgan fingerprint density at radius 2 is 1.72 bits per heavy atom. The number of nitrogens with one attached hydrogen (secondary N) is 2. The SMILES string of the molecule is CC(Oc1ccc(F)cc1)C(=O)Nc1ccc(S(=O)(=O)Nc2cccnc2)cc1. The zero-order valence-corrected chi connectivity index (χ0v) is 16.2. The van der Waals surface area contributed by atoms with Gasteiger partial charge in [0.15, 0.2) is 6.10 Å². The van der Waals surface area contributed by atoms with E-state index in [1.165, 1.54) is 60.9 Å². The largest absolute Gasteiger partial charge is 0.481 e. The van der Waals surface area contributed by atoms with Gasteiger partial charge in [0, 0.05) is 11.9 Å². The van der Waals surface area contributed by atoms with E-state index in [1.54, 1.807) is 19.1 Å². The third-order valence-electron chi connectivity index (χ3n) is 3.84. The normalized spacial score (nSPS) is 12.1. The lowest BCUT2D eigenvalue weighted by Crippen LogP contribution is -2.30. The molecule has 9 heteroatoms. The quantitative estimate of drug-likeness (QED) is 0.616. The van der Waals surface area contributed by atoms with Gasteiger partial charge in [-0.2, -0.15) is 0 Å². The Morgan fingerprint density at radius 1 is 1.03 bits per heavy atom. The third-order valence-corrected chi connectivity index (χ3v) is 5.24. The molecule has 2 aromatic carbocycles. The smallest absolute Gasteiger partial charge is 0.265 e. The molecule has 0 aliphatic heterocycles. The average Bonchev–Trinajstić information content (AvgIpc) is 2.70. The highest BCUT2D eigenvalue weighted by Crippen LogP contribution is 2.18. The molecule has 0 bridgehead atoms. The monoisotopic (exact) mass is 415 g/mol. The number of ether oxygens (including phenoxy) is 1. The number of anilines is 2. The van der Waals surface area contributed by atoms with E-state index in [1.807, 2.05) is 0 Å². The second kappa shape index (κ2) is 8.70. The number of amides is 1. The first kappa shape index (κ1) is 20.3. The molecule has 0 aliphatic rings. The fourth-order valence-corrected chi connectivity index (χ4v) is 3.41. The van der Waals surface area contributed by atoms with E-state index < -0.39 is 27.9 Å². The maximum absolute atomic E-state index is 12.9. The molecule has 150 valence electrons. The molecule has 3 rings (SSSR count). The molecule has 0 saturated carbocycles. The van der Waals surface area contributed by atoms with Crippen molar-refractivity contribution in [3.05, 3.63) is 78.9 Å². The zero-order valence-electron chi connectivity index (χ0n) is 15.4. The summed E-state index contributed by atoms with van der Waals surface area (Å²) < 4.78 is 45.6. The lowest BCUT2D eigenvalue weighted by Gasteiger charge is -2.15. The minimum Gasteiger partial charge on any atom is -0.481 e. The number of halogens is 1. The maximum atomic E-state index is 12.9. The van der Waals surface area contributed by atoms with E-state index in [0.29, 0.717) is 17.1 Å². The van der Waals surface area contributed by atoms with Crippen LogP contribution in [0.15, 0.2) is 78.0 Å². The number of hydrogen-bond acceptors (Lipinski definition) is 5. The van der Waals surface area contributed by atoms with Crippen LogP contribution >= 0.6 is 0 Å². The van der Waals surface area contributed by atoms with E-state index >= 15 is 0 Å². The molecule has 7 nitrogen and oxygen atoms in total. The number of sulfonamides is 1. The van der Waals surface area contributed by atoms with Crippen LogP contribution in [0.2, 0.25) is 0 Å². The number of benzene rings is 2. The Hall–Kier alpha value is -3.46. The minimum atomic E-state index is -3.78. The van der Waals surface area contributed by atoms with Crippen LogP contribution in [0.3, 0.4) is 0 Å². The van der Waals surface area contributed by atoms with E-state index in [4.69, 9.17) is 4.74 Å². The van der Waals surface area contributed by atoms with Crippen molar-refractivity contribution in [3.63, 3.8) is 0 Å². The van der Waals surface area contributed by atoms with Gasteiger partial charge in [-0.3, -0.25) is 14.5 Å². The summed E-state index contributed by atoms with van der Waals surface area (Å²) in [6.07, 6.45) is 2.10. The molecule has 1 amide bonds. The molecular formula is C20H18FN3O4S. The fraction of sp³-hybridized carbons (Fsp3) is 0.100. The molecule has 0 fully saturated rings. The van der Waals surface area contributed by atoms with Crippen molar-refractivity contribution in [2.75, 3.05) is 10.0 Å². The van der Waals surface area contributed by atoms with Crippen LogP contribution in [0.25, 0.3) is 0 Å². The first-order valence-electron chi connectivity index (χ1n) is 8.59. The molecule has 1 heterocycles. The van der Waals surface area contributed by atoms with Gasteiger partial charge in [-0.05, 0) is 67.6 Å². The lowest BCUT2D eigenvalue weighted by molar-refractivity contribution is -0.122. The van der Waals surface area contributed by atoms with Crippen molar-refractivity contribution in [1.29, 1.82) is 0 Å². The number of rotatable bonds is 7. The summed E-state index contributed by atoms with van der Waals surface area (Å²) in [5.41, 5.74) is 0.751. The van der Waals surface area contributed by atoms with Crippen molar-refractivity contribution in [3.8, 4) is 5.75 Å². The van der Waals surface area contributed by atoms with Gasteiger partial charge in [-0.1, -0.05) is 0 Å². The molecular weight excluding hydrogens is 397 g/mol. The Balaban J connectivity index is 1.62. The van der Waals surface area contributed by atoms with E-state index in [0.717, 1.165) is 0 Å². The van der Waals surface area contributed by atoms with Crippen molar-refractivity contribution >= 4 is 27.3 Å². The highest BCUT2D eigenvalue weighted by Gasteiger charge is 2.17. The van der Waals surface area contributed by atoms with Gasteiger partial charge in [0.25, 0.3) is 15.9 Å². The zero-order chi connectivity index (χ0) is 20.9. The number of aromatic nitrogens is 1.